The number of carbonyl (C=O) groups excluding carboxylic acids is 1. The number of ether oxygens (including phenoxy) is 1. The van der Waals surface area contributed by atoms with Crippen molar-refractivity contribution >= 4 is 23.5 Å². The van der Waals surface area contributed by atoms with Crippen molar-refractivity contribution in [3.8, 4) is 0 Å². The highest BCUT2D eigenvalue weighted by atomic mass is 35.5. The summed E-state index contributed by atoms with van der Waals surface area (Å²) in [6.45, 7) is 2.74. The molecular formula is C17H20ClN3O3. The number of carbonyl (C=O) groups is 1. The zero-order valence-corrected chi connectivity index (χ0v) is 14.6. The molecule has 2 aromatic rings. The molecule has 0 aliphatic heterocycles. The van der Waals surface area contributed by atoms with Gasteiger partial charge in [0.1, 0.15) is 17.1 Å². The van der Waals surface area contributed by atoms with E-state index in [0.29, 0.717) is 41.2 Å². The average Bonchev–Trinajstić information content (AvgIpc) is 2.96. The number of furan rings is 1. The smallest absolute Gasteiger partial charge is 0.341 e. The number of halogens is 1. The third kappa shape index (κ3) is 4.76. The van der Waals surface area contributed by atoms with Gasteiger partial charge in [0.2, 0.25) is 0 Å². The highest BCUT2D eigenvalue weighted by molar-refractivity contribution is 6.30. The molecule has 0 saturated carbocycles. The van der Waals surface area contributed by atoms with Crippen LogP contribution in [0.2, 0.25) is 5.02 Å². The summed E-state index contributed by atoms with van der Waals surface area (Å²) >= 11 is 5.87. The van der Waals surface area contributed by atoms with Crippen LogP contribution in [0.15, 0.2) is 39.7 Å². The Hall–Kier alpha value is -2.47. The van der Waals surface area contributed by atoms with Gasteiger partial charge in [0.05, 0.1) is 13.7 Å². The maximum atomic E-state index is 11.6. The van der Waals surface area contributed by atoms with Gasteiger partial charge in [0, 0.05) is 18.6 Å². The molecule has 0 bridgehead atoms. The van der Waals surface area contributed by atoms with E-state index < -0.39 is 5.97 Å². The Kier molecular flexibility index (Phi) is 6.26. The Morgan fingerprint density at radius 2 is 1.92 bits per heavy atom. The van der Waals surface area contributed by atoms with Crippen LogP contribution in [-0.4, -0.2) is 26.1 Å². The van der Waals surface area contributed by atoms with Crippen molar-refractivity contribution < 1.29 is 13.9 Å². The molecule has 0 aliphatic rings. The van der Waals surface area contributed by atoms with Gasteiger partial charge in [-0.15, -0.1) is 0 Å². The summed E-state index contributed by atoms with van der Waals surface area (Å²) < 4.78 is 10.3. The van der Waals surface area contributed by atoms with Gasteiger partial charge in [-0.25, -0.2) is 4.79 Å². The molecule has 0 fully saturated rings. The standard InChI is InChI=1S/C17H20ClN3O3/c1-11-15(16(22)23-3)8-14(24-11)10-21-17(19-2)20-9-12-4-6-13(18)7-5-12/h4-8H,9-10H2,1-3H3,(H2,19,20,21). The molecule has 2 rings (SSSR count). The summed E-state index contributed by atoms with van der Waals surface area (Å²) in [6, 6.07) is 9.24. The highest BCUT2D eigenvalue weighted by Gasteiger charge is 2.15. The fourth-order valence-corrected chi connectivity index (χ4v) is 2.25. The van der Waals surface area contributed by atoms with Crippen LogP contribution in [0.5, 0.6) is 0 Å². The monoisotopic (exact) mass is 349 g/mol. The van der Waals surface area contributed by atoms with E-state index in [1.165, 1.54) is 7.11 Å². The van der Waals surface area contributed by atoms with Crippen molar-refractivity contribution in [3.05, 3.63) is 58.0 Å². The molecule has 128 valence electrons. The molecule has 0 spiro atoms. The fourth-order valence-electron chi connectivity index (χ4n) is 2.12. The topological polar surface area (TPSA) is 75.9 Å². The van der Waals surface area contributed by atoms with Gasteiger partial charge in [-0.1, -0.05) is 23.7 Å². The molecule has 1 aromatic carbocycles. The molecule has 0 radical (unpaired) electrons. The summed E-state index contributed by atoms with van der Waals surface area (Å²) in [6.07, 6.45) is 0. The van der Waals surface area contributed by atoms with Crippen molar-refractivity contribution in [2.45, 2.75) is 20.0 Å². The van der Waals surface area contributed by atoms with Crippen molar-refractivity contribution in [3.63, 3.8) is 0 Å². The molecule has 0 saturated heterocycles. The summed E-state index contributed by atoms with van der Waals surface area (Å²) in [5.41, 5.74) is 1.52. The van der Waals surface area contributed by atoms with Crippen LogP contribution in [0.1, 0.15) is 27.4 Å². The Bertz CT molecular complexity index is 723. The number of esters is 1. The SMILES string of the molecule is CN=C(NCc1ccc(Cl)cc1)NCc1cc(C(=O)OC)c(C)o1. The molecule has 6 nitrogen and oxygen atoms in total. The van der Waals surface area contributed by atoms with Gasteiger partial charge in [0.25, 0.3) is 0 Å². The number of hydrogen-bond acceptors (Lipinski definition) is 4. The lowest BCUT2D eigenvalue weighted by molar-refractivity contribution is 0.0599. The number of aryl methyl sites for hydroxylation is 1. The van der Waals surface area contributed by atoms with Gasteiger partial charge >= 0.3 is 5.97 Å². The molecule has 0 atom stereocenters. The maximum absolute atomic E-state index is 11.6. The molecule has 24 heavy (non-hydrogen) atoms. The van der Waals surface area contributed by atoms with Crippen molar-refractivity contribution in [1.82, 2.24) is 10.6 Å². The Morgan fingerprint density at radius 3 is 2.54 bits per heavy atom. The van der Waals surface area contributed by atoms with Gasteiger partial charge < -0.3 is 19.8 Å². The highest BCUT2D eigenvalue weighted by Crippen LogP contribution is 2.15. The minimum Gasteiger partial charge on any atom is -0.465 e. The molecule has 7 heteroatoms. The molecule has 1 heterocycles. The Morgan fingerprint density at radius 1 is 1.25 bits per heavy atom. The molecule has 0 aliphatic carbocycles. The van der Waals surface area contributed by atoms with E-state index in [9.17, 15) is 4.79 Å². The van der Waals surface area contributed by atoms with E-state index >= 15 is 0 Å². The number of guanidine groups is 1. The summed E-state index contributed by atoms with van der Waals surface area (Å²) in [5, 5.41) is 7.03. The molecule has 0 unspecified atom stereocenters. The lowest BCUT2D eigenvalue weighted by atomic mass is 10.2. The predicted octanol–water partition coefficient (Wildman–Crippen LogP) is 2.89. The van der Waals surface area contributed by atoms with Crippen molar-refractivity contribution in [2.24, 2.45) is 4.99 Å². The number of methoxy groups -OCH3 is 1. The second kappa shape index (κ2) is 8.40. The largest absolute Gasteiger partial charge is 0.465 e. The first-order valence-corrected chi connectivity index (χ1v) is 7.78. The van der Waals surface area contributed by atoms with Gasteiger partial charge in [0.15, 0.2) is 5.96 Å². The number of hydrogen-bond donors (Lipinski definition) is 2. The second-order valence-electron chi connectivity index (χ2n) is 5.08. The average molecular weight is 350 g/mol. The van der Waals surface area contributed by atoms with Gasteiger partial charge in [-0.3, -0.25) is 4.99 Å². The van der Waals surface area contributed by atoms with Crippen molar-refractivity contribution in [1.29, 1.82) is 0 Å². The van der Waals surface area contributed by atoms with E-state index in [0.717, 1.165) is 5.56 Å². The summed E-state index contributed by atoms with van der Waals surface area (Å²) in [5.74, 6) is 1.37. The lowest BCUT2D eigenvalue weighted by Crippen LogP contribution is -2.36. The Labute approximate surface area is 145 Å². The maximum Gasteiger partial charge on any atom is 0.341 e. The van der Waals surface area contributed by atoms with Crippen LogP contribution in [0.25, 0.3) is 0 Å². The fraction of sp³-hybridized carbons (Fsp3) is 0.294. The minimum atomic E-state index is -0.409. The van der Waals surface area contributed by atoms with Gasteiger partial charge in [-0.2, -0.15) is 0 Å². The zero-order valence-electron chi connectivity index (χ0n) is 13.9. The van der Waals surface area contributed by atoms with Crippen LogP contribution in [-0.2, 0) is 17.8 Å². The quantitative estimate of drug-likeness (QED) is 0.493. The van der Waals surface area contributed by atoms with E-state index in [1.54, 1.807) is 20.0 Å². The molecule has 1 aromatic heterocycles. The van der Waals surface area contributed by atoms with Gasteiger partial charge in [-0.05, 0) is 30.7 Å². The number of nitrogens with one attached hydrogen (secondary N) is 2. The first kappa shape index (κ1) is 17.9. The number of nitrogens with zero attached hydrogens (tertiary/aromatic N) is 1. The zero-order chi connectivity index (χ0) is 17.5. The number of aliphatic imine (C=N–C) groups is 1. The lowest BCUT2D eigenvalue weighted by Gasteiger charge is -2.11. The minimum absolute atomic E-state index is 0.401. The normalized spacial score (nSPS) is 11.2. The Balaban J connectivity index is 1.89. The van der Waals surface area contributed by atoms with Crippen LogP contribution in [0.4, 0.5) is 0 Å². The molecule has 2 N–H and O–H groups in total. The van der Waals surface area contributed by atoms with E-state index in [-0.39, 0.29) is 0 Å². The first-order valence-electron chi connectivity index (χ1n) is 7.40. The van der Waals surface area contributed by atoms with Crippen LogP contribution in [0, 0.1) is 6.92 Å². The summed E-state index contributed by atoms with van der Waals surface area (Å²) in [7, 11) is 3.03. The van der Waals surface area contributed by atoms with Crippen LogP contribution >= 0.6 is 11.6 Å². The summed E-state index contributed by atoms with van der Waals surface area (Å²) in [4.78, 5) is 15.7. The number of benzene rings is 1. The van der Waals surface area contributed by atoms with Crippen molar-refractivity contribution in [2.75, 3.05) is 14.2 Å². The van der Waals surface area contributed by atoms with E-state index in [2.05, 4.69) is 15.6 Å². The van der Waals surface area contributed by atoms with E-state index in [1.807, 2.05) is 24.3 Å². The third-order valence-electron chi connectivity index (χ3n) is 3.40. The first-order chi connectivity index (χ1) is 11.5. The predicted molar refractivity (Wildman–Crippen MR) is 93.3 cm³/mol. The molecule has 0 amide bonds. The second-order valence-corrected chi connectivity index (χ2v) is 5.52. The van der Waals surface area contributed by atoms with E-state index in [4.69, 9.17) is 20.8 Å². The van der Waals surface area contributed by atoms with Crippen LogP contribution in [0.3, 0.4) is 0 Å². The third-order valence-corrected chi connectivity index (χ3v) is 3.65. The number of rotatable bonds is 5. The molecular weight excluding hydrogens is 330 g/mol. The van der Waals surface area contributed by atoms with Crippen LogP contribution < -0.4 is 10.6 Å².